The molecule has 25 heavy (non-hydrogen) atoms. The molecule has 1 rings (SSSR count). The summed E-state index contributed by atoms with van der Waals surface area (Å²) in [5.74, 6) is -1.80. The minimum atomic E-state index is -5.19. The van der Waals surface area contributed by atoms with Gasteiger partial charge in [-0.1, -0.05) is 13.8 Å². The highest BCUT2D eigenvalue weighted by Crippen LogP contribution is 2.36. The molecule has 0 heterocycles. The highest BCUT2D eigenvalue weighted by molar-refractivity contribution is 7.89. The zero-order valence-electron chi connectivity index (χ0n) is 13.1. The minimum absolute atomic E-state index is 0.0901. The van der Waals surface area contributed by atoms with E-state index < -0.39 is 49.3 Å². The lowest BCUT2D eigenvalue weighted by Gasteiger charge is -2.18. The van der Waals surface area contributed by atoms with E-state index in [9.17, 15) is 36.5 Å². The van der Waals surface area contributed by atoms with E-state index in [1.807, 2.05) is 0 Å². The Bertz CT molecular complexity index is 776. The molecule has 0 aliphatic rings. The molecule has 0 aromatic heterocycles. The third-order valence-corrected chi connectivity index (χ3v) is 4.60. The van der Waals surface area contributed by atoms with Crippen molar-refractivity contribution in [2.45, 2.75) is 37.4 Å². The molecule has 140 valence electrons. The third-order valence-electron chi connectivity index (χ3n) is 3.07. The van der Waals surface area contributed by atoms with Gasteiger partial charge in [-0.25, -0.2) is 8.42 Å². The van der Waals surface area contributed by atoms with Crippen molar-refractivity contribution in [3.05, 3.63) is 33.9 Å². The molecular formula is C13H15F3N2O6S. The van der Waals surface area contributed by atoms with Gasteiger partial charge in [0, 0.05) is 12.1 Å². The van der Waals surface area contributed by atoms with Crippen LogP contribution in [0.4, 0.5) is 18.9 Å². The Morgan fingerprint density at radius 1 is 1.36 bits per heavy atom. The fourth-order valence-corrected chi connectivity index (χ4v) is 3.42. The maximum absolute atomic E-state index is 13.1. The fourth-order valence-electron chi connectivity index (χ4n) is 2.01. The Balaban J connectivity index is 3.42. The molecule has 0 fully saturated rings. The van der Waals surface area contributed by atoms with Crippen molar-refractivity contribution >= 4 is 21.7 Å². The third kappa shape index (κ3) is 5.39. The molecule has 1 aromatic carbocycles. The van der Waals surface area contributed by atoms with Gasteiger partial charge in [0.05, 0.1) is 15.4 Å². The second-order valence-corrected chi connectivity index (χ2v) is 7.26. The van der Waals surface area contributed by atoms with Gasteiger partial charge in [0.1, 0.15) is 6.04 Å². The number of nitrogens with one attached hydrogen (secondary N) is 1. The van der Waals surface area contributed by atoms with Crippen molar-refractivity contribution in [1.82, 2.24) is 4.72 Å². The lowest BCUT2D eigenvalue weighted by Crippen LogP contribution is -2.42. The maximum atomic E-state index is 13.1. The lowest BCUT2D eigenvalue weighted by atomic mass is 10.1. The van der Waals surface area contributed by atoms with Crippen LogP contribution in [-0.4, -0.2) is 30.5 Å². The Hall–Kier alpha value is -2.21. The van der Waals surface area contributed by atoms with Gasteiger partial charge < -0.3 is 5.11 Å². The lowest BCUT2D eigenvalue weighted by molar-refractivity contribution is -0.385. The number of hydrogen-bond donors (Lipinski definition) is 2. The highest BCUT2D eigenvalue weighted by atomic mass is 32.2. The summed E-state index contributed by atoms with van der Waals surface area (Å²) in [6, 6.07) is -0.520. The molecule has 0 bridgehead atoms. The Morgan fingerprint density at radius 3 is 2.32 bits per heavy atom. The number of rotatable bonds is 7. The van der Waals surface area contributed by atoms with Gasteiger partial charge in [-0.2, -0.15) is 17.9 Å². The number of nitrogens with zero attached hydrogens (tertiary/aromatic N) is 1. The van der Waals surface area contributed by atoms with E-state index in [4.69, 9.17) is 5.11 Å². The number of non-ortho nitro benzene ring substituents is 1. The Labute approximate surface area is 140 Å². The summed E-state index contributed by atoms with van der Waals surface area (Å²) in [6.45, 7) is 3.22. The van der Waals surface area contributed by atoms with Crippen molar-refractivity contribution in [3.8, 4) is 0 Å². The fraction of sp³-hybridized carbons (Fsp3) is 0.462. The molecule has 0 aliphatic heterocycles. The average molecular weight is 384 g/mol. The number of carbonyl (C=O) groups is 1. The standard InChI is InChI=1S/C13H15F3N2O6S/c1-7(2)5-10(12(19)20)17-25(23,24)11-4-3-8(18(21)22)6-9(11)13(14,15)16/h3-4,6-7,10,17H,5H2,1-2H3,(H,19,20)/t10-/m1/s1. The molecular weight excluding hydrogens is 369 g/mol. The maximum Gasteiger partial charge on any atom is 0.417 e. The molecule has 0 radical (unpaired) electrons. The van der Waals surface area contributed by atoms with Crippen molar-refractivity contribution < 1.29 is 36.4 Å². The van der Waals surface area contributed by atoms with E-state index in [0.717, 1.165) is 0 Å². The van der Waals surface area contributed by atoms with Crippen LogP contribution in [0.2, 0.25) is 0 Å². The van der Waals surface area contributed by atoms with E-state index in [1.54, 1.807) is 18.6 Å². The number of alkyl halides is 3. The van der Waals surface area contributed by atoms with Crippen LogP contribution in [0.15, 0.2) is 23.1 Å². The van der Waals surface area contributed by atoms with Crippen molar-refractivity contribution in [1.29, 1.82) is 0 Å². The van der Waals surface area contributed by atoms with E-state index >= 15 is 0 Å². The molecule has 0 amide bonds. The SMILES string of the molecule is CC(C)C[C@@H](NS(=O)(=O)c1ccc([N+](=O)[O-])cc1C(F)(F)F)C(=O)O. The number of nitro groups is 1. The number of nitro benzene ring substituents is 1. The molecule has 1 aromatic rings. The number of halogens is 3. The predicted molar refractivity (Wildman–Crippen MR) is 79.3 cm³/mol. The first kappa shape index (κ1) is 20.8. The molecule has 0 unspecified atom stereocenters. The monoisotopic (exact) mass is 384 g/mol. The van der Waals surface area contributed by atoms with E-state index in [0.29, 0.717) is 12.1 Å². The quantitative estimate of drug-likeness (QED) is 0.549. The Kier molecular flexibility index (Phi) is 6.13. The van der Waals surface area contributed by atoms with Crippen LogP contribution >= 0.6 is 0 Å². The molecule has 8 nitrogen and oxygen atoms in total. The number of aliphatic carboxylic acids is 1. The van der Waals surface area contributed by atoms with Gasteiger partial charge in [-0.3, -0.25) is 14.9 Å². The molecule has 12 heteroatoms. The number of benzene rings is 1. The summed E-state index contributed by atoms with van der Waals surface area (Å²) in [5, 5.41) is 19.7. The van der Waals surface area contributed by atoms with Crippen LogP contribution in [0.25, 0.3) is 0 Å². The van der Waals surface area contributed by atoms with Crippen molar-refractivity contribution in [3.63, 3.8) is 0 Å². The van der Waals surface area contributed by atoms with Crippen LogP contribution in [0.3, 0.4) is 0 Å². The van der Waals surface area contributed by atoms with Gasteiger partial charge in [0.15, 0.2) is 0 Å². The second kappa shape index (κ2) is 7.35. The zero-order chi connectivity index (χ0) is 19.6. The van der Waals surface area contributed by atoms with Crippen LogP contribution in [-0.2, 0) is 21.0 Å². The molecule has 0 spiro atoms. The van der Waals surface area contributed by atoms with E-state index in [-0.39, 0.29) is 18.4 Å². The van der Waals surface area contributed by atoms with E-state index in [2.05, 4.69) is 0 Å². The Morgan fingerprint density at radius 2 is 1.92 bits per heavy atom. The normalized spacial score (nSPS) is 13.7. The zero-order valence-corrected chi connectivity index (χ0v) is 13.9. The van der Waals surface area contributed by atoms with Gasteiger partial charge in [-0.05, 0) is 18.4 Å². The largest absolute Gasteiger partial charge is 0.480 e. The smallest absolute Gasteiger partial charge is 0.417 e. The van der Waals surface area contributed by atoms with E-state index in [1.165, 1.54) is 0 Å². The molecule has 0 saturated carbocycles. The van der Waals surface area contributed by atoms with Crippen molar-refractivity contribution in [2.24, 2.45) is 5.92 Å². The minimum Gasteiger partial charge on any atom is -0.480 e. The number of carboxylic acids is 1. The van der Waals surface area contributed by atoms with Crippen molar-refractivity contribution in [2.75, 3.05) is 0 Å². The average Bonchev–Trinajstić information content (AvgIpc) is 2.44. The first-order chi connectivity index (χ1) is 11.3. The summed E-state index contributed by atoms with van der Waals surface area (Å²) >= 11 is 0. The highest BCUT2D eigenvalue weighted by Gasteiger charge is 2.39. The summed E-state index contributed by atoms with van der Waals surface area (Å²) in [4.78, 5) is 19.4. The summed E-state index contributed by atoms with van der Waals surface area (Å²) < 4.78 is 65.5. The summed E-state index contributed by atoms with van der Waals surface area (Å²) in [7, 11) is -4.88. The summed E-state index contributed by atoms with van der Waals surface area (Å²) in [5.41, 5.74) is -2.69. The number of hydrogen-bond acceptors (Lipinski definition) is 5. The first-order valence-corrected chi connectivity index (χ1v) is 8.34. The molecule has 2 N–H and O–H groups in total. The van der Waals surface area contributed by atoms with Gasteiger partial charge in [0.25, 0.3) is 5.69 Å². The number of sulfonamides is 1. The van der Waals surface area contributed by atoms with Crippen LogP contribution in [0.1, 0.15) is 25.8 Å². The predicted octanol–water partition coefficient (Wildman–Crippen LogP) is 2.39. The topological polar surface area (TPSA) is 127 Å². The number of carboxylic acid groups (broad SMARTS) is 1. The molecule has 0 aliphatic carbocycles. The van der Waals surface area contributed by atoms with Crippen LogP contribution in [0.5, 0.6) is 0 Å². The van der Waals surface area contributed by atoms with Gasteiger partial charge >= 0.3 is 12.1 Å². The second-order valence-electron chi connectivity index (χ2n) is 5.58. The van der Waals surface area contributed by atoms with Crippen LogP contribution < -0.4 is 4.72 Å². The van der Waals surface area contributed by atoms with Gasteiger partial charge in [-0.15, -0.1) is 0 Å². The summed E-state index contributed by atoms with van der Waals surface area (Å²) in [6.07, 6.45) is -5.34. The molecule has 0 saturated heterocycles. The first-order valence-electron chi connectivity index (χ1n) is 6.86. The van der Waals surface area contributed by atoms with Gasteiger partial charge in [0.2, 0.25) is 10.0 Å². The van der Waals surface area contributed by atoms with Crippen LogP contribution in [0, 0.1) is 16.0 Å². The molecule has 1 atom stereocenters.